The van der Waals surface area contributed by atoms with Crippen molar-refractivity contribution >= 4 is 11.0 Å². The second-order valence-corrected chi connectivity index (χ2v) is 5.03. The molecule has 0 bridgehead atoms. The number of rotatable bonds is 7. The van der Waals surface area contributed by atoms with E-state index in [0.717, 1.165) is 12.1 Å². The van der Waals surface area contributed by atoms with Crippen LogP contribution in [0.15, 0.2) is 34.9 Å². The smallest absolute Gasteiger partial charge is 0.134 e. The minimum atomic E-state index is 0.574. The molecule has 2 aromatic rings. The first-order chi connectivity index (χ1) is 8.81. The number of benzene rings is 1. The molecule has 1 N–H and O–H groups in total. The van der Waals surface area contributed by atoms with Crippen LogP contribution in [0.1, 0.15) is 45.1 Å². The Kier molecular flexibility index (Phi) is 4.82. The minimum absolute atomic E-state index is 0.574. The fourth-order valence-corrected chi connectivity index (χ4v) is 2.26. The van der Waals surface area contributed by atoms with Crippen LogP contribution in [0.25, 0.3) is 11.0 Å². The van der Waals surface area contributed by atoms with Gasteiger partial charge in [0.2, 0.25) is 0 Å². The quantitative estimate of drug-likeness (QED) is 0.727. The van der Waals surface area contributed by atoms with Crippen molar-refractivity contribution in [1.82, 2.24) is 5.32 Å². The third-order valence-corrected chi connectivity index (χ3v) is 3.44. The first kappa shape index (κ1) is 13.2. The standard InChI is InChI=1S/C16H23NO/c1-3-4-5-8-13(2)17-11-14-12-18-16-10-7-6-9-15(14)16/h6-7,9-10,12-13,17H,3-5,8,11H2,1-2H3. The number of para-hydroxylation sites is 1. The zero-order chi connectivity index (χ0) is 12.8. The van der Waals surface area contributed by atoms with Gasteiger partial charge in [0.15, 0.2) is 0 Å². The number of fused-ring (bicyclic) bond motifs is 1. The predicted octanol–water partition coefficient (Wildman–Crippen LogP) is 4.49. The normalized spacial score (nSPS) is 13.0. The Morgan fingerprint density at radius 1 is 1.22 bits per heavy atom. The van der Waals surface area contributed by atoms with Crippen LogP contribution < -0.4 is 5.32 Å². The second kappa shape index (κ2) is 6.60. The van der Waals surface area contributed by atoms with Gasteiger partial charge in [0.05, 0.1) is 6.26 Å². The first-order valence-electron chi connectivity index (χ1n) is 6.99. The van der Waals surface area contributed by atoms with Crippen LogP contribution in [0.4, 0.5) is 0 Å². The van der Waals surface area contributed by atoms with E-state index in [1.807, 2.05) is 18.4 Å². The molecular weight excluding hydrogens is 222 g/mol. The number of unbranched alkanes of at least 4 members (excludes halogenated alkanes) is 2. The Morgan fingerprint density at radius 3 is 2.89 bits per heavy atom. The highest BCUT2D eigenvalue weighted by atomic mass is 16.3. The molecule has 98 valence electrons. The summed E-state index contributed by atoms with van der Waals surface area (Å²) < 4.78 is 5.54. The largest absolute Gasteiger partial charge is 0.464 e. The summed E-state index contributed by atoms with van der Waals surface area (Å²) in [4.78, 5) is 0. The Labute approximate surface area is 109 Å². The molecule has 2 heteroatoms. The summed E-state index contributed by atoms with van der Waals surface area (Å²) in [7, 11) is 0. The number of nitrogens with one attached hydrogen (secondary N) is 1. The predicted molar refractivity (Wildman–Crippen MR) is 76.7 cm³/mol. The molecule has 0 amide bonds. The third-order valence-electron chi connectivity index (χ3n) is 3.44. The minimum Gasteiger partial charge on any atom is -0.464 e. The highest BCUT2D eigenvalue weighted by molar-refractivity contribution is 5.80. The van der Waals surface area contributed by atoms with Gasteiger partial charge >= 0.3 is 0 Å². The molecule has 0 fully saturated rings. The summed E-state index contributed by atoms with van der Waals surface area (Å²) in [5.74, 6) is 0. The maximum absolute atomic E-state index is 5.54. The topological polar surface area (TPSA) is 25.2 Å². The second-order valence-electron chi connectivity index (χ2n) is 5.03. The molecule has 2 nitrogen and oxygen atoms in total. The molecule has 1 unspecified atom stereocenters. The van der Waals surface area contributed by atoms with Crippen molar-refractivity contribution in [3.63, 3.8) is 0 Å². The van der Waals surface area contributed by atoms with Gasteiger partial charge < -0.3 is 9.73 Å². The summed E-state index contributed by atoms with van der Waals surface area (Å²) in [6.45, 7) is 5.40. The molecule has 0 radical (unpaired) electrons. The SMILES string of the molecule is CCCCCC(C)NCc1coc2ccccc12. The van der Waals surface area contributed by atoms with Crippen molar-refractivity contribution in [2.24, 2.45) is 0 Å². The van der Waals surface area contributed by atoms with Gasteiger partial charge in [-0.25, -0.2) is 0 Å². The van der Waals surface area contributed by atoms with Gasteiger partial charge in [-0.3, -0.25) is 0 Å². The average molecular weight is 245 g/mol. The molecule has 0 spiro atoms. The highest BCUT2D eigenvalue weighted by Gasteiger charge is 2.06. The molecule has 18 heavy (non-hydrogen) atoms. The van der Waals surface area contributed by atoms with E-state index in [0.29, 0.717) is 6.04 Å². The van der Waals surface area contributed by atoms with E-state index in [2.05, 4.69) is 31.3 Å². The van der Waals surface area contributed by atoms with Gasteiger partial charge in [0, 0.05) is 23.5 Å². The van der Waals surface area contributed by atoms with Gasteiger partial charge in [0.25, 0.3) is 0 Å². The zero-order valence-corrected chi connectivity index (χ0v) is 11.4. The summed E-state index contributed by atoms with van der Waals surface area (Å²) in [6, 6.07) is 8.79. The van der Waals surface area contributed by atoms with Crippen LogP contribution in [-0.4, -0.2) is 6.04 Å². The van der Waals surface area contributed by atoms with E-state index in [1.54, 1.807) is 0 Å². The molecule has 0 saturated heterocycles. The molecule has 1 heterocycles. The number of hydrogen-bond donors (Lipinski definition) is 1. The van der Waals surface area contributed by atoms with E-state index >= 15 is 0 Å². The lowest BCUT2D eigenvalue weighted by Gasteiger charge is -2.12. The molecule has 0 aliphatic rings. The number of hydrogen-bond acceptors (Lipinski definition) is 2. The van der Waals surface area contributed by atoms with Crippen molar-refractivity contribution < 1.29 is 4.42 Å². The fraction of sp³-hybridized carbons (Fsp3) is 0.500. The van der Waals surface area contributed by atoms with Gasteiger partial charge in [-0.05, 0) is 19.4 Å². The van der Waals surface area contributed by atoms with Crippen molar-refractivity contribution in [1.29, 1.82) is 0 Å². The Morgan fingerprint density at radius 2 is 2.06 bits per heavy atom. The summed E-state index contributed by atoms with van der Waals surface area (Å²) in [6.07, 6.45) is 7.07. The van der Waals surface area contributed by atoms with Gasteiger partial charge in [-0.15, -0.1) is 0 Å². The maximum atomic E-state index is 5.54. The van der Waals surface area contributed by atoms with E-state index < -0.39 is 0 Å². The third kappa shape index (κ3) is 3.36. The van der Waals surface area contributed by atoms with Crippen LogP contribution in [0, 0.1) is 0 Å². The highest BCUT2D eigenvalue weighted by Crippen LogP contribution is 2.20. The van der Waals surface area contributed by atoms with E-state index in [-0.39, 0.29) is 0 Å². The van der Waals surface area contributed by atoms with E-state index in [9.17, 15) is 0 Å². The molecular formula is C16H23NO. The zero-order valence-electron chi connectivity index (χ0n) is 11.4. The average Bonchev–Trinajstić information content (AvgIpc) is 2.80. The van der Waals surface area contributed by atoms with Crippen molar-refractivity contribution in [2.75, 3.05) is 0 Å². The molecule has 0 aliphatic heterocycles. The van der Waals surface area contributed by atoms with Crippen molar-refractivity contribution in [2.45, 2.75) is 52.1 Å². The van der Waals surface area contributed by atoms with E-state index in [4.69, 9.17) is 4.42 Å². The lowest BCUT2D eigenvalue weighted by Crippen LogP contribution is -2.25. The van der Waals surface area contributed by atoms with Crippen LogP contribution in [0.2, 0.25) is 0 Å². The Hall–Kier alpha value is -1.28. The Bertz CT molecular complexity index is 475. The molecule has 0 aliphatic carbocycles. The molecule has 2 rings (SSSR count). The summed E-state index contributed by atoms with van der Waals surface area (Å²) in [5, 5.41) is 4.80. The van der Waals surface area contributed by atoms with Crippen LogP contribution >= 0.6 is 0 Å². The lowest BCUT2D eigenvalue weighted by molar-refractivity contribution is 0.485. The lowest BCUT2D eigenvalue weighted by atomic mass is 10.1. The maximum Gasteiger partial charge on any atom is 0.134 e. The van der Waals surface area contributed by atoms with E-state index in [1.165, 1.54) is 36.6 Å². The Balaban J connectivity index is 1.86. The van der Waals surface area contributed by atoms with Crippen molar-refractivity contribution in [3.05, 3.63) is 36.1 Å². The van der Waals surface area contributed by atoms with Gasteiger partial charge in [-0.2, -0.15) is 0 Å². The monoisotopic (exact) mass is 245 g/mol. The summed E-state index contributed by atoms with van der Waals surface area (Å²) in [5.41, 5.74) is 2.24. The summed E-state index contributed by atoms with van der Waals surface area (Å²) >= 11 is 0. The first-order valence-corrected chi connectivity index (χ1v) is 6.99. The fourth-order valence-electron chi connectivity index (χ4n) is 2.26. The van der Waals surface area contributed by atoms with Crippen molar-refractivity contribution in [3.8, 4) is 0 Å². The van der Waals surface area contributed by atoms with Gasteiger partial charge in [-0.1, -0.05) is 44.4 Å². The van der Waals surface area contributed by atoms with Crippen LogP contribution in [0.5, 0.6) is 0 Å². The number of furan rings is 1. The molecule has 1 aromatic carbocycles. The molecule has 1 aromatic heterocycles. The molecule has 0 saturated carbocycles. The van der Waals surface area contributed by atoms with Gasteiger partial charge in [0.1, 0.15) is 5.58 Å². The van der Waals surface area contributed by atoms with Crippen LogP contribution in [-0.2, 0) is 6.54 Å². The van der Waals surface area contributed by atoms with Crippen LogP contribution in [0.3, 0.4) is 0 Å². The molecule has 1 atom stereocenters.